The van der Waals surface area contributed by atoms with Gasteiger partial charge in [0.25, 0.3) is 5.91 Å². The number of halogens is 1. The molecule has 7 heteroatoms. The standard InChI is InChI=1S/C19H13BrN4OS/c20-12-9-10-17(21-11-12)26-16-8-4-1-5-13(16)18(25)24-19-22-14-6-2-3-7-15(14)23-19/h1-11H,(H2,22,23,24,25). The van der Waals surface area contributed by atoms with Gasteiger partial charge < -0.3 is 4.98 Å². The first-order valence-electron chi connectivity index (χ1n) is 7.83. The van der Waals surface area contributed by atoms with Crippen LogP contribution in [0, 0.1) is 0 Å². The minimum Gasteiger partial charge on any atom is -0.324 e. The molecule has 0 bridgehead atoms. The fourth-order valence-electron chi connectivity index (χ4n) is 2.47. The number of H-pyrrole nitrogens is 1. The summed E-state index contributed by atoms with van der Waals surface area (Å²) in [6.45, 7) is 0. The van der Waals surface area contributed by atoms with Gasteiger partial charge in [-0.2, -0.15) is 0 Å². The summed E-state index contributed by atoms with van der Waals surface area (Å²) in [5, 5.41) is 3.65. The highest BCUT2D eigenvalue weighted by atomic mass is 79.9. The van der Waals surface area contributed by atoms with E-state index in [1.165, 1.54) is 11.8 Å². The van der Waals surface area contributed by atoms with Crippen LogP contribution in [0.25, 0.3) is 11.0 Å². The molecule has 5 nitrogen and oxygen atoms in total. The van der Waals surface area contributed by atoms with E-state index in [-0.39, 0.29) is 5.91 Å². The Hall–Kier alpha value is -2.64. The quantitative estimate of drug-likeness (QED) is 0.476. The second-order valence-corrected chi connectivity index (χ2v) is 7.45. The lowest BCUT2D eigenvalue weighted by atomic mass is 10.2. The van der Waals surface area contributed by atoms with Gasteiger partial charge in [0.05, 0.1) is 16.6 Å². The predicted molar refractivity (Wildman–Crippen MR) is 107 cm³/mol. The number of nitrogens with zero attached hydrogens (tertiary/aromatic N) is 2. The molecule has 2 aromatic carbocycles. The molecule has 0 aliphatic rings. The average Bonchev–Trinajstić information content (AvgIpc) is 3.06. The highest BCUT2D eigenvalue weighted by molar-refractivity contribution is 9.10. The van der Waals surface area contributed by atoms with Crippen molar-refractivity contribution in [2.75, 3.05) is 5.32 Å². The average molecular weight is 425 g/mol. The molecule has 0 spiro atoms. The summed E-state index contributed by atoms with van der Waals surface area (Å²) in [5.74, 6) is 0.210. The topological polar surface area (TPSA) is 70.7 Å². The van der Waals surface area contributed by atoms with E-state index in [0.29, 0.717) is 11.5 Å². The van der Waals surface area contributed by atoms with E-state index in [4.69, 9.17) is 0 Å². The van der Waals surface area contributed by atoms with Crippen LogP contribution in [-0.2, 0) is 0 Å². The van der Waals surface area contributed by atoms with Crippen LogP contribution in [0.5, 0.6) is 0 Å². The van der Waals surface area contributed by atoms with Crippen molar-refractivity contribution in [2.24, 2.45) is 0 Å². The number of aromatic amines is 1. The molecule has 2 heterocycles. The van der Waals surface area contributed by atoms with E-state index in [1.54, 1.807) is 12.3 Å². The Bertz CT molecular complexity index is 1050. The summed E-state index contributed by atoms with van der Waals surface area (Å²) in [7, 11) is 0. The molecule has 4 aromatic rings. The number of rotatable bonds is 4. The van der Waals surface area contributed by atoms with E-state index in [9.17, 15) is 4.79 Å². The monoisotopic (exact) mass is 424 g/mol. The highest BCUT2D eigenvalue weighted by Crippen LogP contribution is 2.30. The molecule has 0 saturated carbocycles. The lowest BCUT2D eigenvalue weighted by Gasteiger charge is -2.08. The molecule has 0 unspecified atom stereocenters. The van der Waals surface area contributed by atoms with Gasteiger partial charge in [-0.05, 0) is 52.3 Å². The van der Waals surface area contributed by atoms with Crippen LogP contribution in [0.4, 0.5) is 5.95 Å². The third-order valence-electron chi connectivity index (χ3n) is 3.67. The zero-order chi connectivity index (χ0) is 17.9. The Morgan fingerprint density at radius 2 is 1.85 bits per heavy atom. The van der Waals surface area contributed by atoms with Crippen molar-refractivity contribution in [1.82, 2.24) is 15.0 Å². The molecule has 0 radical (unpaired) electrons. The Morgan fingerprint density at radius 3 is 2.65 bits per heavy atom. The van der Waals surface area contributed by atoms with Crippen molar-refractivity contribution in [2.45, 2.75) is 9.92 Å². The van der Waals surface area contributed by atoms with Crippen LogP contribution in [0.3, 0.4) is 0 Å². The Kier molecular flexibility index (Phi) is 4.73. The van der Waals surface area contributed by atoms with Crippen LogP contribution < -0.4 is 5.32 Å². The van der Waals surface area contributed by atoms with E-state index in [1.807, 2.05) is 54.6 Å². The van der Waals surface area contributed by atoms with Gasteiger partial charge in [0.2, 0.25) is 5.95 Å². The summed E-state index contributed by atoms with van der Waals surface area (Å²) < 4.78 is 0.915. The van der Waals surface area contributed by atoms with Crippen molar-refractivity contribution in [1.29, 1.82) is 0 Å². The summed E-state index contributed by atoms with van der Waals surface area (Å²) in [6.07, 6.45) is 1.74. The van der Waals surface area contributed by atoms with E-state index in [2.05, 4.69) is 36.2 Å². The molecule has 0 aliphatic carbocycles. The third-order valence-corrected chi connectivity index (χ3v) is 5.16. The van der Waals surface area contributed by atoms with Gasteiger partial charge in [-0.1, -0.05) is 36.0 Å². The maximum absolute atomic E-state index is 12.7. The first-order chi connectivity index (χ1) is 12.7. The van der Waals surface area contributed by atoms with Gasteiger partial charge >= 0.3 is 0 Å². The number of pyridine rings is 1. The number of fused-ring (bicyclic) bond motifs is 1. The lowest BCUT2D eigenvalue weighted by molar-refractivity contribution is 0.102. The maximum Gasteiger partial charge on any atom is 0.259 e. The third kappa shape index (κ3) is 3.63. The molecule has 128 valence electrons. The van der Waals surface area contributed by atoms with Crippen molar-refractivity contribution in [3.05, 3.63) is 76.9 Å². The molecule has 0 saturated heterocycles. The fourth-order valence-corrected chi connectivity index (χ4v) is 3.58. The normalized spacial score (nSPS) is 10.8. The molecule has 2 N–H and O–H groups in total. The summed E-state index contributed by atoms with van der Waals surface area (Å²) in [4.78, 5) is 25.4. The van der Waals surface area contributed by atoms with Crippen LogP contribution in [0.2, 0.25) is 0 Å². The molecule has 0 aliphatic heterocycles. The maximum atomic E-state index is 12.7. The number of imidazole rings is 1. The van der Waals surface area contributed by atoms with Crippen molar-refractivity contribution in [3.8, 4) is 0 Å². The van der Waals surface area contributed by atoms with Crippen molar-refractivity contribution in [3.63, 3.8) is 0 Å². The van der Waals surface area contributed by atoms with E-state index in [0.717, 1.165) is 25.4 Å². The Morgan fingerprint density at radius 1 is 1.04 bits per heavy atom. The fraction of sp³-hybridized carbons (Fsp3) is 0. The first-order valence-corrected chi connectivity index (χ1v) is 9.44. The zero-order valence-corrected chi connectivity index (χ0v) is 15.8. The van der Waals surface area contributed by atoms with Gasteiger partial charge in [-0.15, -0.1) is 0 Å². The van der Waals surface area contributed by atoms with Gasteiger partial charge in [0.1, 0.15) is 5.03 Å². The summed E-state index contributed by atoms with van der Waals surface area (Å²) in [6, 6.07) is 18.9. The highest BCUT2D eigenvalue weighted by Gasteiger charge is 2.14. The van der Waals surface area contributed by atoms with Crippen LogP contribution >= 0.6 is 27.7 Å². The number of carbonyl (C=O) groups excluding carboxylic acids is 1. The molecular formula is C19H13BrN4OS. The number of amides is 1. The number of benzene rings is 2. The number of hydrogen-bond acceptors (Lipinski definition) is 4. The number of aromatic nitrogens is 3. The van der Waals surface area contributed by atoms with Gasteiger partial charge in [0.15, 0.2) is 0 Å². The first kappa shape index (κ1) is 16.8. The molecule has 26 heavy (non-hydrogen) atoms. The molecular weight excluding hydrogens is 412 g/mol. The second-order valence-electron chi connectivity index (χ2n) is 5.47. The number of anilines is 1. The summed E-state index contributed by atoms with van der Waals surface area (Å²) in [5.41, 5.74) is 2.26. The molecule has 1 amide bonds. The largest absolute Gasteiger partial charge is 0.324 e. The predicted octanol–water partition coefficient (Wildman–Crippen LogP) is 5.12. The van der Waals surface area contributed by atoms with Crippen molar-refractivity contribution >= 4 is 50.6 Å². The molecule has 0 atom stereocenters. The molecule has 0 fully saturated rings. The minimum atomic E-state index is -0.218. The minimum absolute atomic E-state index is 0.218. The second kappa shape index (κ2) is 7.31. The number of nitrogens with one attached hydrogen (secondary N) is 2. The van der Waals surface area contributed by atoms with Gasteiger partial charge in [-0.3, -0.25) is 10.1 Å². The van der Waals surface area contributed by atoms with Crippen LogP contribution in [-0.4, -0.2) is 20.9 Å². The van der Waals surface area contributed by atoms with Gasteiger partial charge in [0, 0.05) is 15.6 Å². The lowest BCUT2D eigenvalue weighted by Crippen LogP contribution is -2.13. The Labute approximate surface area is 162 Å². The van der Waals surface area contributed by atoms with Crippen LogP contribution in [0.1, 0.15) is 10.4 Å². The summed E-state index contributed by atoms with van der Waals surface area (Å²) >= 11 is 4.82. The number of carbonyl (C=O) groups is 1. The molecule has 4 rings (SSSR count). The van der Waals surface area contributed by atoms with Gasteiger partial charge in [-0.25, -0.2) is 9.97 Å². The van der Waals surface area contributed by atoms with E-state index < -0.39 is 0 Å². The SMILES string of the molecule is O=C(Nc1nc2ccccc2[nH]1)c1ccccc1Sc1ccc(Br)cn1. The smallest absolute Gasteiger partial charge is 0.259 e. The number of para-hydroxylation sites is 2. The molecule has 2 aromatic heterocycles. The van der Waals surface area contributed by atoms with Crippen LogP contribution in [0.15, 0.2) is 81.3 Å². The van der Waals surface area contributed by atoms with E-state index >= 15 is 0 Å². The number of hydrogen-bond donors (Lipinski definition) is 2. The van der Waals surface area contributed by atoms with Crippen molar-refractivity contribution < 1.29 is 4.79 Å². The zero-order valence-electron chi connectivity index (χ0n) is 13.4. The Balaban J connectivity index is 1.58.